The molecule has 0 spiro atoms. The van der Waals surface area contributed by atoms with E-state index in [9.17, 15) is 0 Å². The van der Waals surface area contributed by atoms with E-state index in [1.54, 1.807) is 12.4 Å². The van der Waals surface area contributed by atoms with Crippen molar-refractivity contribution >= 4 is 28.5 Å². The number of benzene rings is 1. The van der Waals surface area contributed by atoms with E-state index >= 15 is 0 Å². The average molecular weight is 287 g/mol. The van der Waals surface area contributed by atoms with Gasteiger partial charge in [-0.1, -0.05) is 25.4 Å². The molecular weight excluding hydrogens is 272 g/mol. The standard InChI is InChI=1S/C15H15ClN4/c1-8(2)13-4-9-3-12(16)11(5-14(9)20-13)10-6-18-15(17)19-7-10/h3-8,20H,1-2H3,(H2,17,18,19). The summed E-state index contributed by atoms with van der Waals surface area (Å²) in [6.07, 6.45) is 3.36. The monoisotopic (exact) mass is 286 g/mol. The van der Waals surface area contributed by atoms with Crippen LogP contribution in [0, 0.1) is 0 Å². The van der Waals surface area contributed by atoms with Crippen LogP contribution < -0.4 is 5.73 Å². The predicted octanol–water partition coefficient (Wildman–Crippen LogP) is 3.98. The number of hydrogen-bond donors (Lipinski definition) is 2. The maximum absolute atomic E-state index is 6.37. The summed E-state index contributed by atoms with van der Waals surface area (Å²) >= 11 is 6.37. The fraction of sp³-hybridized carbons (Fsp3) is 0.200. The Morgan fingerprint density at radius 1 is 1.15 bits per heavy atom. The highest BCUT2D eigenvalue weighted by Crippen LogP contribution is 2.32. The van der Waals surface area contributed by atoms with Gasteiger partial charge in [0.05, 0.1) is 0 Å². The number of hydrogen-bond acceptors (Lipinski definition) is 3. The zero-order valence-corrected chi connectivity index (χ0v) is 12.1. The molecule has 5 heteroatoms. The molecule has 0 aliphatic rings. The highest BCUT2D eigenvalue weighted by molar-refractivity contribution is 6.34. The third kappa shape index (κ3) is 2.23. The molecule has 0 aliphatic heterocycles. The molecule has 0 amide bonds. The van der Waals surface area contributed by atoms with Gasteiger partial charge in [-0.25, -0.2) is 9.97 Å². The Bertz CT molecular complexity index is 759. The van der Waals surface area contributed by atoms with Crippen molar-refractivity contribution in [3.63, 3.8) is 0 Å². The van der Waals surface area contributed by atoms with Crippen LogP contribution in [0.2, 0.25) is 5.02 Å². The number of anilines is 1. The molecule has 0 saturated heterocycles. The van der Waals surface area contributed by atoms with Crippen molar-refractivity contribution in [3.05, 3.63) is 41.3 Å². The molecule has 0 unspecified atom stereocenters. The van der Waals surface area contributed by atoms with E-state index in [2.05, 4.69) is 34.9 Å². The van der Waals surface area contributed by atoms with Gasteiger partial charge in [-0.2, -0.15) is 0 Å². The first kappa shape index (κ1) is 12.9. The highest BCUT2D eigenvalue weighted by atomic mass is 35.5. The molecule has 3 rings (SSSR count). The molecule has 2 aromatic heterocycles. The molecule has 0 fully saturated rings. The molecule has 0 bridgehead atoms. The topological polar surface area (TPSA) is 67.6 Å². The average Bonchev–Trinajstić information content (AvgIpc) is 2.82. The molecule has 2 heterocycles. The van der Waals surface area contributed by atoms with Crippen molar-refractivity contribution < 1.29 is 0 Å². The van der Waals surface area contributed by atoms with Crippen molar-refractivity contribution in [1.29, 1.82) is 0 Å². The first-order valence-electron chi connectivity index (χ1n) is 6.44. The molecule has 4 nitrogen and oxygen atoms in total. The number of H-pyrrole nitrogens is 1. The normalized spacial score (nSPS) is 11.4. The van der Waals surface area contributed by atoms with Crippen LogP contribution in [0.3, 0.4) is 0 Å². The Kier molecular flexibility index (Phi) is 3.10. The first-order valence-corrected chi connectivity index (χ1v) is 6.82. The smallest absolute Gasteiger partial charge is 0.219 e. The Balaban J connectivity index is 2.16. The molecule has 3 aromatic rings. The van der Waals surface area contributed by atoms with Crippen molar-refractivity contribution in [2.24, 2.45) is 0 Å². The van der Waals surface area contributed by atoms with E-state index in [1.807, 2.05) is 12.1 Å². The summed E-state index contributed by atoms with van der Waals surface area (Å²) in [6, 6.07) is 6.12. The number of fused-ring (bicyclic) bond motifs is 1. The molecular formula is C15H15ClN4. The van der Waals surface area contributed by atoms with Gasteiger partial charge in [0.25, 0.3) is 0 Å². The number of halogens is 1. The van der Waals surface area contributed by atoms with Gasteiger partial charge in [-0.3, -0.25) is 0 Å². The van der Waals surface area contributed by atoms with Gasteiger partial charge in [-0.05, 0) is 24.1 Å². The van der Waals surface area contributed by atoms with E-state index in [1.165, 1.54) is 5.69 Å². The molecule has 0 atom stereocenters. The van der Waals surface area contributed by atoms with E-state index in [-0.39, 0.29) is 5.95 Å². The third-order valence-electron chi connectivity index (χ3n) is 3.33. The van der Waals surface area contributed by atoms with Gasteiger partial charge in [0.1, 0.15) is 0 Å². The van der Waals surface area contributed by atoms with Crippen molar-refractivity contribution in [2.75, 3.05) is 5.73 Å². The molecule has 102 valence electrons. The van der Waals surface area contributed by atoms with Crippen LogP contribution in [-0.2, 0) is 0 Å². The predicted molar refractivity (Wildman–Crippen MR) is 82.8 cm³/mol. The number of nitrogens with two attached hydrogens (primary N) is 1. The van der Waals surface area contributed by atoms with E-state index in [4.69, 9.17) is 17.3 Å². The van der Waals surface area contributed by atoms with Gasteiger partial charge in [0.2, 0.25) is 5.95 Å². The van der Waals surface area contributed by atoms with Gasteiger partial charge in [0.15, 0.2) is 0 Å². The Morgan fingerprint density at radius 2 is 1.85 bits per heavy atom. The number of rotatable bonds is 2. The number of nitrogens with one attached hydrogen (secondary N) is 1. The van der Waals surface area contributed by atoms with Crippen LogP contribution in [0.15, 0.2) is 30.6 Å². The molecule has 0 saturated carbocycles. The lowest BCUT2D eigenvalue weighted by Gasteiger charge is -2.04. The summed E-state index contributed by atoms with van der Waals surface area (Å²) < 4.78 is 0. The van der Waals surface area contributed by atoms with Gasteiger partial charge < -0.3 is 10.7 Å². The lowest BCUT2D eigenvalue weighted by molar-refractivity contribution is 0.836. The minimum Gasteiger partial charge on any atom is -0.368 e. The van der Waals surface area contributed by atoms with E-state index in [0.29, 0.717) is 10.9 Å². The number of nitrogens with zero attached hydrogens (tertiary/aromatic N) is 2. The zero-order valence-electron chi connectivity index (χ0n) is 11.3. The highest BCUT2D eigenvalue weighted by Gasteiger charge is 2.10. The minimum atomic E-state index is 0.257. The Hall–Kier alpha value is -2.07. The van der Waals surface area contributed by atoms with Crippen LogP contribution in [0.1, 0.15) is 25.5 Å². The van der Waals surface area contributed by atoms with Gasteiger partial charge in [-0.15, -0.1) is 0 Å². The zero-order chi connectivity index (χ0) is 14.3. The SMILES string of the molecule is CC(C)c1cc2cc(Cl)c(-c3cnc(N)nc3)cc2[nH]1. The lowest BCUT2D eigenvalue weighted by atomic mass is 10.1. The largest absolute Gasteiger partial charge is 0.368 e. The molecule has 0 radical (unpaired) electrons. The van der Waals surface area contributed by atoms with Crippen LogP contribution in [0.4, 0.5) is 5.95 Å². The Morgan fingerprint density at radius 3 is 2.50 bits per heavy atom. The van der Waals surface area contributed by atoms with Crippen molar-refractivity contribution in [1.82, 2.24) is 15.0 Å². The second-order valence-corrected chi connectivity index (χ2v) is 5.54. The molecule has 20 heavy (non-hydrogen) atoms. The summed E-state index contributed by atoms with van der Waals surface area (Å²) in [7, 11) is 0. The molecule has 3 N–H and O–H groups in total. The minimum absolute atomic E-state index is 0.257. The third-order valence-corrected chi connectivity index (χ3v) is 3.65. The second kappa shape index (κ2) is 4.80. The van der Waals surface area contributed by atoms with Crippen molar-refractivity contribution in [2.45, 2.75) is 19.8 Å². The van der Waals surface area contributed by atoms with Gasteiger partial charge in [0, 0.05) is 45.1 Å². The van der Waals surface area contributed by atoms with E-state index in [0.717, 1.165) is 22.0 Å². The van der Waals surface area contributed by atoms with E-state index < -0.39 is 0 Å². The second-order valence-electron chi connectivity index (χ2n) is 5.13. The summed E-state index contributed by atoms with van der Waals surface area (Å²) in [4.78, 5) is 11.4. The summed E-state index contributed by atoms with van der Waals surface area (Å²) in [5.74, 6) is 0.706. The number of aromatic amines is 1. The molecule has 1 aromatic carbocycles. The first-order chi connectivity index (χ1) is 9.54. The van der Waals surface area contributed by atoms with Crippen LogP contribution in [0.25, 0.3) is 22.0 Å². The summed E-state index contributed by atoms with van der Waals surface area (Å²) in [6.45, 7) is 4.31. The maximum Gasteiger partial charge on any atom is 0.219 e. The van der Waals surface area contributed by atoms with Crippen molar-refractivity contribution in [3.8, 4) is 11.1 Å². The quantitative estimate of drug-likeness (QED) is 0.748. The van der Waals surface area contributed by atoms with Crippen LogP contribution in [0.5, 0.6) is 0 Å². The number of aromatic nitrogens is 3. The summed E-state index contributed by atoms with van der Waals surface area (Å²) in [5, 5.41) is 1.79. The Labute approximate surface area is 122 Å². The van der Waals surface area contributed by atoms with Crippen LogP contribution in [-0.4, -0.2) is 15.0 Å². The number of nitrogen functional groups attached to an aromatic ring is 1. The summed E-state index contributed by atoms with van der Waals surface area (Å²) in [5.41, 5.74) is 9.52. The van der Waals surface area contributed by atoms with Gasteiger partial charge >= 0.3 is 0 Å². The fourth-order valence-corrected chi connectivity index (χ4v) is 2.47. The fourth-order valence-electron chi connectivity index (χ4n) is 2.18. The van der Waals surface area contributed by atoms with Crippen LogP contribution >= 0.6 is 11.6 Å². The maximum atomic E-state index is 6.37. The lowest BCUT2D eigenvalue weighted by Crippen LogP contribution is -1.93. The molecule has 0 aliphatic carbocycles.